The summed E-state index contributed by atoms with van der Waals surface area (Å²) in [6.07, 6.45) is 5.16. The Morgan fingerprint density at radius 1 is 1.00 bits per heavy atom. The van der Waals surface area contributed by atoms with Gasteiger partial charge in [0.2, 0.25) is 11.8 Å². The molecule has 25 heavy (non-hydrogen) atoms. The highest BCUT2D eigenvalue weighted by Crippen LogP contribution is 2.65. The van der Waals surface area contributed by atoms with Crippen LogP contribution in [-0.2, 0) is 9.59 Å². The minimum atomic E-state index is -0.688. The predicted octanol–water partition coefficient (Wildman–Crippen LogP) is 1.79. The molecule has 3 amide bonds. The first kappa shape index (κ1) is 14.5. The fraction of sp³-hybridized carbons (Fsp3) is 0.389. The Morgan fingerprint density at radius 2 is 1.52 bits per heavy atom. The third-order valence-electron chi connectivity index (χ3n) is 6.19. The molecule has 0 radical (unpaired) electrons. The molecular weight excluding hydrogens is 324 g/mol. The van der Waals surface area contributed by atoms with Crippen LogP contribution in [0.2, 0.25) is 0 Å². The first-order chi connectivity index (χ1) is 12.0. The van der Waals surface area contributed by atoms with E-state index in [0.717, 1.165) is 11.3 Å². The highest BCUT2D eigenvalue weighted by Gasteiger charge is 2.67. The summed E-state index contributed by atoms with van der Waals surface area (Å²) in [6.45, 7) is 0. The van der Waals surface area contributed by atoms with Crippen LogP contribution in [0.1, 0.15) is 16.8 Å². The zero-order valence-corrected chi connectivity index (χ0v) is 13.1. The van der Waals surface area contributed by atoms with Gasteiger partial charge in [-0.1, -0.05) is 12.2 Å². The number of nitro benzene ring substituents is 1. The number of hydrogen-bond donors (Lipinski definition) is 0. The minimum absolute atomic E-state index is 0.0612. The molecule has 0 spiro atoms. The fourth-order valence-electron chi connectivity index (χ4n) is 5.01. The molecule has 1 heterocycles. The van der Waals surface area contributed by atoms with Gasteiger partial charge in [-0.15, -0.1) is 0 Å². The van der Waals surface area contributed by atoms with Crippen molar-refractivity contribution in [3.8, 4) is 0 Å². The van der Waals surface area contributed by atoms with Gasteiger partial charge < -0.3 is 0 Å². The summed E-state index contributed by atoms with van der Waals surface area (Å²) in [5, 5.41) is 10.7. The van der Waals surface area contributed by atoms with E-state index >= 15 is 0 Å². The number of likely N-dealkylation sites (tertiary alicyclic amines) is 1. The lowest BCUT2D eigenvalue weighted by atomic mass is 9.63. The first-order valence-corrected chi connectivity index (χ1v) is 8.34. The van der Waals surface area contributed by atoms with Gasteiger partial charge in [0.1, 0.15) is 0 Å². The molecule has 126 valence electrons. The smallest absolute Gasteiger partial charge is 0.269 e. The van der Waals surface area contributed by atoms with Gasteiger partial charge in [-0.25, -0.2) is 4.90 Å². The molecule has 6 rings (SSSR count). The summed E-state index contributed by atoms with van der Waals surface area (Å²) in [6, 6.07) is 4.97. The van der Waals surface area contributed by atoms with Crippen LogP contribution in [-0.4, -0.2) is 27.5 Å². The lowest BCUT2D eigenvalue weighted by molar-refractivity contribution is -0.384. The van der Waals surface area contributed by atoms with E-state index in [0.29, 0.717) is 11.8 Å². The molecule has 1 aromatic rings. The van der Waals surface area contributed by atoms with Crippen molar-refractivity contribution in [3.05, 3.63) is 52.1 Å². The van der Waals surface area contributed by atoms with Gasteiger partial charge in [0.05, 0.1) is 16.8 Å². The van der Waals surface area contributed by atoms with Crippen LogP contribution in [0.5, 0.6) is 0 Å². The quantitative estimate of drug-likeness (QED) is 0.354. The van der Waals surface area contributed by atoms with E-state index in [9.17, 15) is 24.5 Å². The summed E-state index contributed by atoms with van der Waals surface area (Å²) in [4.78, 5) is 49.3. The average Bonchev–Trinajstić information content (AvgIpc) is 3.39. The van der Waals surface area contributed by atoms with Crippen molar-refractivity contribution >= 4 is 23.4 Å². The SMILES string of the molecule is O=C(c1ccc([N+](=O)[O-])cc1)N1C(=O)[C@@H]2[C@H]3C=C[C@@H]([C@@H]4C[C@@H]34)[C@@H]2C1=O. The number of non-ortho nitro benzene ring substituents is 1. The van der Waals surface area contributed by atoms with Crippen LogP contribution in [0, 0.1) is 45.6 Å². The van der Waals surface area contributed by atoms with E-state index < -0.39 is 34.5 Å². The van der Waals surface area contributed by atoms with Gasteiger partial charge in [-0.3, -0.25) is 24.5 Å². The highest BCUT2D eigenvalue weighted by atomic mass is 16.6. The Labute approximate surface area is 142 Å². The number of imide groups is 3. The minimum Gasteiger partial charge on any atom is -0.274 e. The molecule has 7 heteroatoms. The van der Waals surface area contributed by atoms with E-state index in [1.807, 2.05) is 12.2 Å². The van der Waals surface area contributed by atoms with Gasteiger partial charge in [0.15, 0.2) is 0 Å². The van der Waals surface area contributed by atoms with Crippen molar-refractivity contribution in [2.75, 3.05) is 0 Å². The molecule has 0 unspecified atom stereocenters. The Morgan fingerprint density at radius 3 is 2.00 bits per heavy atom. The molecule has 4 aliphatic carbocycles. The Bertz CT molecular complexity index is 838. The van der Waals surface area contributed by atoms with Crippen LogP contribution in [0.25, 0.3) is 0 Å². The van der Waals surface area contributed by atoms with Crippen molar-refractivity contribution in [1.29, 1.82) is 0 Å². The molecule has 5 aliphatic rings. The molecule has 7 nitrogen and oxygen atoms in total. The van der Waals surface area contributed by atoms with E-state index in [2.05, 4.69) is 0 Å². The van der Waals surface area contributed by atoms with E-state index in [4.69, 9.17) is 0 Å². The average molecular weight is 338 g/mol. The second-order valence-corrected chi connectivity index (χ2v) is 7.28. The molecule has 1 aromatic carbocycles. The monoisotopic (exact) mass is 338 g/mol. The number of carbonyl (C=O) groups excluding carboxylic acids is 3. The molecule has 3 fully saturated rings. The van der Waals surface area contributed by atoms with Crippen LogP contribution in [0.3, 0.4) is 0 Å². The molecule has 2 bridgehead atoms. The summed E-state index contributed by atoms with van der Waals surface area (Å²) in [5.74, 6) is -1.29. The summed E-state index contributed by atoms with van der Waals surface area (Å²) >= 11 is 0. The Hall–Kier alpha value is -2.83. The second kappa shape index (κ2) is 4.62. The normalized spacial score (nSPS) is 37.0. The molecule has 1 aliphatic heterocycles. The largest absolute Gasteiger partial charge is 0.274 e. The number of allylic oxidation sites excluding steroid dienone is 2. The van der Waals surface area contributed by atoms with Crippen LogP contribution >= 0.6 is 0 Å². The predicted molar refractivity (Wildman–Crippen MR) is 84.0 cm³/mol. The third kappa shape index (κ3) is 1.78. The van der Waals surface area contributed by atoms with Crippen LogP contribution < -0.4 is 0 Å². The van der Waals surface area contributed by atoms with Gasteiger partial charge in [0, 0.05) is 17.7 Å². The summed E-state index contributed by atoms with van der Waals surface area (Å²) in [5.41, 5.74) is -0.0389. The molecule has 6 atom stereocenters. The number of carbonyl (C=O) groups is 3. The molecular formula is C18H14N2O5. The molecule has 0 aromatic heterocycles. The standard InChI is InChI=1S/C18H14N2O5/c21-16(8-1-3-9(4-2-8)20(24)25)19-17(22)14-10-5-6-11(13-7-12(10)13)15(14)18(19)23/h1-6,10-15H,7H2/t10-,11-,12-,13-,14-,15+/m0/s1. The number of amides is 3. The number of rotatable bonds is 2. The van der Waals surface area contributed by atoms with E-state index in [-0.39, 0.29) is 23.1 Å². The lowest BCUT2D eigenvalue weighted by Crippen LogP contribution is -2.40. The maximum Gasteiger partial charge on any atom is 0.269 e. The summed E-state index contributed by atoms with van der Waals surface area (Å²) in [7, 11) is 0. The van der Waals surface area contributed by atoms with Crippen molar-refractivity contribution < 1.29 is 19.3 Å². The van der Waals surface area contributed by atoms with Crippen LogP contribution in [0.15, 0.2) is 36.4 Å². The molecule has 1 saturated heterocycles. The van der Waals surface area contributed by atoms with Crippen molar-refractivity contribution in [2.45, 2.75) is 6.42 Å². The topological polar surface area (TPSA) is 97.6 Å². The van der Waals surface area contributed by atoms with Gasteiger partial charge in [-0.05, 0) is 42.2 Å². The van der Waals surface area contributed by atoms with E-state index in [1.54, 1.807) is 0 Å². The van der Waals surface area contributed by atoms with Crippen molar-refractivity contribution in [1.82, 2.24) is 4.90 Å². The molecule has 0 N–H and O–H groups in total. The molecule has 2 saturated carbocycles. The number of benzene rings is 1. The van der Waals surface area contributed by atoms with Gasteiger partial charge in [0.25, 0.3) is 11.6 Å². The van der Waals surface area contributed by atoms with Crippen LogP contribution in [0.4, 0.5) is 5.69 Å². The first-order valence-electron chi connectivity index (χ1n) is 8.34. The summed E-state index contributed by atoms with van der Waals surface area (Å²) < 4.78 is 0. The number of nitro groups is 1. The highest BCUT2D eigenvalue weighted by molar-refractivity contribution is 6.21. The number of nitrogens with zero attached hydrogens (tertiary/aromatic N) is 2. The Kier molecular flexibility index (Phi) is 2.68. The van der Waals surface area contributed by atoms with Gasteiger partial charge in [-0.2, -0.15) is 0 Å². The second-order valence-electron chi connectivity index (χ2n) is 7.28. The number of hydrogen-bond acceptors (Lipinski definition) is 5. The van der Waals surface area contributed by atoms with Crippen molar-refractivity contribution in [3.63, 3.8) is 0 Å². The Balaban J connectivity index is 1.47. The fourth-order valence-corrected chi connectivity index (χ4v) is 5.01. The van der Waals surface area contributed by atoms with Gasteiger partial charge >= 0.3 is 0 Å². The van der Waals surface area contributed by atoms with E-state index in [1.165, 1.54) is 24.3 Å². The van der Waals surface area contributed by atoms with Crippen molar-refractivity contribution in [2.24, 2.45) is 35.5 Å². The third-order valence-corrected chi connectivity index (χ3v) is 6.19. The maximum absolute atomic E-state index is 12.8. The zero-order valence-electron chi connectivity index (χ0n) is 13.1. The lowest BCUT2D eigenvalue weighted by Gasteiger charge is -2.37. The zero-order chi connectivity index (χ0) is 17.5. The maximum atomic E-state index is 12.8.